The second-order valence-electron chi connectivity index (χ2n) is 4.90. The minimum atomic E-state index is -3.67. The first-order valence-corrected chi connectivity index (χ1v) is 8.08. The van der Waals surface area contributed by atoms with Crippen LogP contribution in [-0.4, -0.2) is 27.7 Å². The number of hydrogen-bond donors (Lipinski definition) is 2. The standard InChI is InChI=1S/C13H19FN2O3S/c1-2-13-9(5-6-19-13)8-16-20(17,18)10-3-4-11(14)12(15)7-10/h3-4,7,9,13,16H,2,5-6,8,15H2,1H3. The third-order valence-electron chi connectivity index (χ3n) is 3.56. The number of sulfonamides is 1. The van der Waals surface area contributed by atoms with E-state index in [4.69, 9.17) is 10.5 Å². The lowest BCUT2D eigenvalue weighted by atomic mass is 10.0. The Bertz CT molecular complexity index is 577. The molecule has 2 unspecified atom stereocenters. The Morgan fingerprint density at radius 3 is 2.90 bits per heavy atom. The first-order chi connectivity index (χ1) is 9.44. The summed E-state index contributed by atoms with van der Waals surface area (Å²) in [6.45, 7) is 2.99. The molecule has 1 saturated heterocycles. The van der Waals surface area contributed by atoms with Crippen LogP contribution in [0.5, 0.6) is 0 Å². The lowest BCUT2D eigenvalue weighted by Gasteiger charge is -2.17. The number of nitrogens with one attached hydrogen (secondary N) is 1. The molecule has 1 aliphatic heterocycles. The number of nitrogens with two attached hydrogens (primary N) is 1. The van der Waals surface area contributed by atoms with Crippen molar-refractivity contribution in [1.29, 1.82) is 0 Å². The molecule has 5 nitrogen and oxygen atoms in total. The fourth-order valence-corrected chi connectivity index (χ4v) is 3.50. The van der Waals surface area contributed by atoms with Gasteiger partial charge in [-0.15, -0.1) is 0 Å². The van der Waals surface area contributed by atoms with Crippen LogP contribution in [0.3, 0.4) is 0 Å². The van der Waals surface area contributed by atoms with Gasteiger partial charge in [0.15, 0.2) is 0 Å². The van der Waals surface area contributed by atoms with Crippen LogP contribution in [0.2, 0.25) is 0 Å². The first-order valence-electron chi connectivity index (χ1n) is 6.60. The maximum Gasteiger partial charge on any atom is 0.240 e. The number of ether oxygens (including phenoxy) is 1. The quantitative estimate of drug-likeness (QED) is 0.808. The second kappa shape index (κ2) is 6.07. The van der Waals surface area contributed by atoms with E-state index >= 15 is 0 Å². The Labute approximate surface area is 118 Å². The molecule has 0 saturated carbocycles. The average Bonchev–Trinajstić information content (AvgIpc) is 2.87. The summed E-state index contributed by atoms with van der Waals surface area (Å²) in [6.07, 6.45) is 1.79. The molecule has 1 aromatic carbocycles. The van der Waals surface area contributed by atoms with Crippen LogP contribution in [0.15, 0.2) is 23.1 Å². The molecular weight excluding hydrogens is 283 g/mol. The molecule has 0 spiro atoms. The molecule has 2 rings (SSSR count). The fraction of sp³-hybridized carbons (Fsp3) is 0.538. The van der Waals surface area contributed by atoms with Gasteiger partial charge in [0.2, 0.25) is 10.0 Å². The van der Waals surface area contributed by atoms with E-state index in [0.29, 0.717) is 13.2 Å². The van der Waals surface area contributed by atoms with E-state index in [0.717, 1.165) is 25.0 Å². The highest BCUT2D eigenvalue weighted by atomic mass is 32.2. The Morgan fingerprint density at radius 2 is 2.25 bits per heavy atom. The Balaban J connectivity index is 2.05. The molecule has 3 N–H and O–H groups in total. The van der Waals surface area contributed by atoms with Crippen molar-refractivity contribution in [3.63, 3.8) is 0 Å². The van der Waals surface area contributed by atoms with Gasteiger partial charge in [0, 0.05) is 19.1 Å². The zero-order valence-corrected chi connectivity index (χ0v) is 12.1. The maximum atomic E-state index is 13.1. The monoisotopic (exact) mass is 302 g/mol. The molecule has 1 aliphatic rings. The number of benzene rings is 1. The van der Waals surface area contributed by atoms with Gasteiger partial charge in [-0.3, -0.25) is 0 Å². The highest BCUT2D eigenvalue weighted by molar-refractivity contribution is 7.89. The Morgan fingerprint density at radius 1 is 1.50 bits per heavy atom. The molecule has 0 bridgehead atoms. The van der Waals surface area contributed by atoms with Gasteiger partial charge >= 0.3 is 0 Å². The van der Waals surface area contributed by atoms with Crippen molar-refractivity contribution in [2.24, 2.45) is 5.92 Å². The van der Waals surface area contributed by atoms with Crippen molar-refractivity contribution in [2.75, 3.05) is 18.9 Å². The zero-order valence-electron chi connectivity index (χ0n) is 11.3. The van der Waals surface area contributed by atoms with Crippen LogP contribution in [0.25, 0.3) is 0 Å². The summed E-state index contributed by atoms with van der Waals surface area (Å²) in [5.41, 5.74) is 5.21. The van der Waals surface area contributed by atoms with E-state index in [2.05, 4.69) is 4.72 Å². The van der Waals surface area contributed by atoms with Crippen molar-refractivity contribution < 1.29 is 17.5 Å². The van der Waals surface area contributed by atoms with Crippen LogP contribution >= 0.6 is 0 Å². The summed E-state index contributed by atoms with van der Waals surface area (Å²) in [6, 6.07) is 3.38. The molecule has 1 aromatic rings. The van der Waals surface area contributed by atoms with Gasteiger partial charge in [0.1, 0.15) is 5.82 Å². The van der Waals surface area contributed by atoms with Crippen molar-refractivity contribution >= 4 is 15.7 Å². The number of hydrogen-bond acceptors (Lipinski definition) is 4. The average molecular weight is 302 g/mol. The van der Waals surface area contributed by atoms with Crippen LogP contribution < -0.4 is 10.5 Å². The fourth-order valence-electron chi connectivity index (χ4n) is 2.37. The van der Waals surface area contributed by atoms with Gasteiger partial charge in [-0.2, -0.15) is 0 Å². The van der Waals surface area contributed by atoms with Gasteiger partial charge in [-0.05, 0) is 31.0 Å². The summed E-state index contributed by atoms with van der Waals surface area (Å²) in [7, 11) is -3.67. The number of nitrogen functional groups attached to an aromatic ring is 1. The van der Waals surface area contributed by atoms with Crippen LogP contribution in [0, 0.1) is 11.7 Å². The maximum absolute atomic E-state index is 13.1. The summed E-state index contributed by atoms with van der Waals surface area (Å²) in [5.74, 6) is -0.452. The summed E-state index contributed by atoms with van der Waals surface area (Å²) in [4.78, 5) is -0.0247. The number of rotatable bonds is 5. The van der Waals surface area contributed by atoms with Gasteiger partial charge in [0.05, 0.1) is 16.7 Å². The second-order valence-corrected chi connectivity index (χ2v) is 6.67. The van der Waals surface area contributed by atoms with Crippen molar-refractivity contribution in [2.45, 2.75) is 30.8 Å². The van der Waals surface area contributed by atoms with E-state index in [-0.39, 0.29) is 22.6 Å². The highest BCUT2D eigenvalue weighted by Gasteiger charge is 2.28. The third-order valence-corrected chi connectivity index (χ3v) is 4.98. The van der Waals surface area contributed by atoms with E-state index < -0.39 is 15.8 Å². The largest absolute Gasteiger partial charge is 0.396 e. The Hall–Kier alpha value is -1.18. The normalized spacial score (nSPS) is 23.1. The summed E-state index contributed by atoms with van der Waals surface area (Å²) < 4.78 is 45.4. The van der Waals surface area contributed by atoms with Crippen LogP contribution in [0.4, 0.5) is 10.1 Å². The number of halogens is 1. The highest BCUT2D eigenvalue weighted by Crippen LogP contribution is 2.23. The third kappa shape index (κ3) is 3.28. The molecule has 0 amide bonds. The number of anilines is 1. The summed E-state index contributed by atoms with van der Waals surface area (Å²) in [5, 5.41) is 0. The van der Waals surface area contributed by atoms with Gasteiger partial charge < -0.3 is 10.5 Å². The first kappa shape index (κ1) is 15.2. The molecule has 0 aromatic heterocycles. The lowest BCUT2D eigenvalue weighted by Crippen LogP contribution is -2.32. The molecular formula is C13H19FN2O3S. The summed E-state index contributed by atoms with van der Waals surface area (Å²) >= 11 is 0. The minimum absolute atomic E-state index is 0.0247. The predicted molar refractivity (Wildman–Crippen MR) is 74.1 cm³/mol. The van der Waals surface area contributed by atoms with E-state index in [9.17, 15) is 12.8 Å². The molecule has 20 heavy (non-hydrogen) atoms. The van der Waals surface area contributed by atoms with E-state index in [1.54, 1.807) is 0 Å². The van der Waals surface area contributed by atoms with Gasteiger partial charge in [0.25, 0.3) is 0 Å². The van der Waals surface area contributed by atoms with Gasteiger partial charge in [-0.1, -0.05) is 6.92 Å². The molecule has 112 valence electrons. The van der Waals surface area contributed by atoms with Crippen molar-refractivity contribution in [1.82, 2.24) is 4.72 Å². The molecule has 1 heterocycles. The lowest BCUT2D eigenvalue weighted by molar-refractivity contribution is 0.0884. The van der Waals surface area contributed by atoms with Crippen molar-refractivity contribution in [3.05, 3.63) is 24.0 Å². The predicted octanol–water partition coefficient (Wildman–Crippen LogP) is 1.50. The minimum Gasteiger partial charge on any atom is -0.396 e. The topological polar surface area (TPSA) is 81.4 Å². The molecule has 2 atom stereocenters. The van der Waals surface area contributed by atoms with E-state index in [1.165, 1.54) is 6.07 Å². The van der Waals surface area contributed by atoms with Gasteiger partial charge in [-0.25, -0.2) is 17.5 Å². The van der Waals surface area contributed by atoms with E-state index in [1.807, 2.05) is 6.92 Å². The molecule has 0 radical (unpaired) electrons. The van der Waals surface area contributed by atoms with Crippen molar-refractivity contribution in [3.8, 4) is 0 Å². The molecule has 0 aliphatic carbocycles. The van der Waals surface area contributed by atoms with Crippen LogP contribution in [-0.2, 0) is 14.8 Å². The SMILES string of the molecule is CCC1OCCC1CNS(=O)(=O)c1ccc(F)c(N)c1. The smallest absolute Gasteiger partial charge is 0.240 e. The Kier molecular flexibility index (Phi) is 4.62. The molecule has 7 heteroatoms. The zero-order chi connectivity index (χ0) is 14.8. The molecule has 1 fully saturated rings. The van der Waals surface area contributed by atoms with Crippen LogP contribution in [0.1, 0.15) is 19.8 Å².